The fourth-order valence-electron chi connectivity index (χ4n) is 3.03. The summed E-state index contributed by atoms with van der Waals surface area (Å²) < 4.78 is 28.3. The largest absolute Gasteiger partial charge is 0.464 e. The Morgan fingerprint density at radius 1 is 1.30 bits per heavy atom. The van der Waals surface area contributed by atoms with Gasteiger partial charge in [0.2, 0.25) is 15.9 Å². The molecule has 2 heterocycles. The van der Waals surface area contributed by atoms with E-state index in [-0.39, 0.29) is 23.1 Å². The molecule has 0 radical (unpaired) electrons. The Hall–Kier alpha value is -2.16. The van der Waals surface area contributed by atoms with E-state index in [1.807, 2.05) is 6.07 Å². The van der Waals surface area contributed by atoms with Crippen molar-refractivity contribution in [3.8, 4) is 0 Å². The summed E-state index contributed by atoms with van der Waals surface area (Å²) >= 11 is 1.05. The number of nitrogens with two attached hydrogens (primary N) is 1. The van der Waals surface area contributed by atoms with E-state index in [0.717, 1.165) is 32.7 Å². The lowest BCUT2D eigenvalue weighted by Gasteiger charge is -2.10. The van der Waals surface area contributed by atoms with Crippen molar-refractivity contribution < 1.29 is 17.6 Å². The highest BCUT2D eigenvalue weighted by atomic mass is 32.2. The van der Waals surface area contributed by atoms with Crippen molar-refractivity contribution in [2.45, 2.75) is 43.9 Å². The normalized spacial score (nSPS) is 12.0. The van der Waals surface area contributed by atoms with E-state index in [2.05, 4.69) is 32.2 Å². The maximum atomic E-state index is 12.3. The number of carbonyl (C=O) groups excluding carboxylic acids is 1. The first kappa shape index (κ1) is 19.6. The van der Waals surface area contributed by atoms with Gasteiger partial charge in [-0.05, 0) is 48.2 Å². The first-order valence-electron chi connectivity index (χ1n) is 8.54. The van der Waals surface area contributed by atoms with E-state index in [9.17, 15) is 13.2 Å². The number of amides is 1. The van der Waals surface area contributed by atoms with Crippen LogP contribution in [0.25, 0.3) is 11.0 Å². The van der Waals surface area contributed by atoms with Gasteiger partial charge in [0.25, 0.3) is 0 Å². The number of sulfonamides is 1. The average molecular weight is 407 g/mol. The highest BCUT2D eigenvalue weighted by Crippen LogP contribution is 2.29. The maximum absolute atomic E-state index is 12.3. The summed E-state index contributed by atoms with van der Waals surface area (Å²) in [6.45, 7) is 6.58. The van der Waals surface area contributed by atoms with E-state index >= 15 is 0 Å². The molecular weight excluding hydrogens is 384 g/mol. The van der Waals surface area contributed by atoms with Crippen molar-refractivity contribution >= 4 is 38.2 Å². The second kappa shape index (κ2) is 7.46. The topological polar surface area (TPSA) is 102 Å². The molecule has 0 fully saturated rings. The molecule has 1 amide bonds. The lowest BCUT2D eigenvalue weighted by molar-refractivity contribution is -0.120. The first-order chi connectivity index (χ1) is 12.6. The third-order valence-corrected chi connectivity index (χ3v) is 6.92. The van der Waals surface area contributed by atoms with E-state index in [1.165, 1.54) is 17.2 Å². The predicted molar refractivity (Wildman–Crippen MR) is 106 cm³/mol. The van der Waals surface area contributed by atoms with Crippen LogP contribution in [0, 0.1) is 6.92 Å². The molecule has 144 valence electrons. The minimum atomic E-state index is -3.71. The molecule has 6 nitrogen and oxygen atoms in total. The highest BCUT2D eigenvalue weighted by molar-refractivity contribution is 7.91. The van der Waals surface area contributed by atoms with Crippen LogP contribution in [-0.2, 0) is 27.8 Å². The van der Waals surface area contributed by atoms with E-state index in [4.69, 9.17) is 9.56 Å². The van der Waals surface area contributed by atoms with Crippen LogP contribution in [0.3, 0.4) is 0 Å². The molecule has 0 bridgehead atoms. The molecule has 0 atom stereocenters. The van der Waals surface area contributed by atoms with Crippen LogP contribution in [0.1, 0.15) is 41.3 Å². The van der Waals surface area contributed by atoms with Crippen LogP contribution >= 0.6 is 11.3 Å². The minimum absolute atomic E-state index is 0.0872. The van der Waals surface area contributed by atoms with Gasteiger partial charge in [0, 0.05) is 15.8 Å². The third kappa shape index (κ3) is 4.40. The number of benzene rings is 1. The fourth-order valence-corrected chi connectivity index (χ4v) is 4.75. The lowest BCUT2D eigenvalue weighted by Crippen LogP contribution is -2.24. The van der Waals surface area contributed by atoms with Crippen molar-refractivity contribution in [1.29, 1.82) is 0 Å². The number of thiophene rings is 1. The minimum Gasteiger partial charge on any atom is -0.464 e. The molecule has 0 aliphatic rings. The zero-order chi connectivity index (χ0) is 19.8. The Labute approximate surface area is 162 Å². The zero-order valence-corrected chi connectivity index (χ0v) is 17.0. The van der Waals surface area contributed by atoms with Gasteiger partial charge < -0.3 is 9.73 Å². The second-order valence-corrected chi connectivity index (χ2v) is 9.80. The van der Waals surface area contributed by atoms with Gasteiger partial charge in [-0.25, -0.2) is 13.6 Å². The number of primary sulfonamides is 1. The van der Waals surface area contributed by atoms with Crippen LogP contribution in [0.4, 0.5) is 0 Å². The molecule has 2 aromatic heterocycles. The Balaban J connectivity index is 1.71. The molecule has 27 heavy (non-hydrogen) atoms. The van der Waals surface area contributed by atoms with Crippen LogP contribution in [-0.4, -0.2) is 14.3 Å². The number of fused-ring (bicyclic) bond motifs is 1. The summed E-state index contributed by atoms with van der Waals surface area (Å²) in [4.78, 5) is 13.0. The van der Waals surface area contributed by atoms with E-state index in [1.54, 1.807) is 12.3 Å². The second-order valence-electron chi connectivity index (χ2n) is 6.84. The van der Waals surface area contributed by atoms with Gasteiger partial charge in [-0.1, -0.05) is 13.8 Å². The molecule has 1 aromatic carbocycles. The van der Waals surface area contributed by atoms with Gasteiger partial charge in [-0.3, -0.25) is 4.79 Å². The molecule has 3 aromatic rings. The van der Waals surface area contributed by atoms with Crippen LogP contribution < -0.4 is 10.5 Å². The van der Waals surface area contributed by atoms with Gasteiger partial charge in [0.15, 0.2) is 0 Å². The Bertz CT molecular complexity index is 1090. The SMILES string of the molecule is Cc1cc2occ(CC(=O)NCc3ccc(S(N)(=O)=O)s3)c2cc1C(C)C. The van der Waals surface area contributed by atoms with E-state index < -0.39 is 10.0 Å². The Kier molecular flexibility index (Phi) is 5.41. The first-order valence-corrected chi connectivity index (χ1v) is 10.9. The summed E-state index contributed by atoms with van der Waals surface area (Å²) in [5.74, 6) is 0.229. The van der Waals surface area contributed by atoms with Crippen LogP contribution in [0.2, 0.25) is 0 Å². The van der Waals surface area contributed by atoms with Crippen molar-refractivity contribution in [3.63, 3.8) is 0 Å². The quantitative estimate of drug-likeness (QED) is 0.654. The summed E-state index contributed by atoms with van der Waals surface area (Å²) in [6, 6.07) is 7.20. The molecule has 0 unspecified atom stereocenters. The standard InChI is InChI=1S/C19H22N2O4S2/c1-11(2)15-8-16-13(10-25-17(16)6-12(15)3)7-18(22)21-9-14-4-5-19(26-14)27(20,23)24/h4-6,8,10-11H,7,9H2,1-3H3,(H,21,22)(H2,20,23,24). The number of nitrogens with one attached hydrogen (secondary N) is 1. The molecule has 0 saturated heterocycles. The third-order valence-electron chi connectivity index (χ3n) is 4.39. The molecule has 0 aliphatic heterocycles. The van der Waals surface area contributed by atoms with Gasteiger partial charge in [-0.2, -0.15) is 0 Å². The summed E-state index contributed by atoms with van der Waals surface area (Å²) in [5.41, 5.74) is 4.02. The molecule has 0 aliphatic carbocycles. The number of hydrogen-bond donors (Lipinski definition) is 2. The molecule has 8 heteroatoms. The summed E-state index contributed by atoms with van der Waals surface area (Å²) in [7, 11) is -3.71. The summed E-state index contributed by atoms with van der Waals surface area (Å²) in [6.07, 6.45) is 1.82. The average Bonchev–Trinajstić information content (AvgIpc) is 3.19. The fraction of sp³-hybridized carbons (Fsp3) is 0.316. The molecule has 0 spiro atoms. The van der Waals surface area contributed by atoms with Gasteiger partial charge in [0.1, 0.15) is 9.79 Å². The van der Waals surface area contributed by atoms with Gasteiger partial charge in [0.05, 0.1) is 19.2 Å². The highest BCUT2D eigenvalue weighted by Gasteiger charge is 2.15. The number of aryl methyl sites for hydroxylation is 1. The van der Waals surface area contributed by atoms with Gasteiger partial charge >= 0.3 is 0 Å². The smallest absolute Gasteiger partial charge is 0.247 e. The van der Waals surface area contributed by atoms with E-state index in [0.29, 0.717) is 5.92 Å². The predicted octanol–water partition coefficient (Wildman–Crippen LogP) is 3.43. The molecular formula is C19H22N2O4S2. The van der Waals surface area contributed by atoms with Crippen molar-refractivity contribution in [2.75, 3.05) is 0 Å². The zero-order valence-electron chi connectivity index (χ0n) is 15.4. The maximum Gasteiger partial charge on any atom is 0.247 e. The Morgan fingerprint density at radius 2 is 2.04 bits per heavy atom. The summed E-state index contributed by atoms with van der Waals surface area (Å²) in [5, 5.41) is 8.86. The van der Waals surface area contributed by atoms with Crippen molar-refractivity contribution in [1.82, 2.24) is 5.32 Å². The number of carbonyl (C=O) groups is 1. The number of furan rings is 1. The van der Waals surface area contributed by atoms with Gasteiger partial charge in [-0.15, -0.1) is 11.3 Å². The van der Waals surface area contributed by atoms with Crippen molar-refractivity contribution in [2.24, 2.45) is 5.14 Å². The molecule has 3 rings (SSSR count). The molecule has 3 N–H and O–H groups in total. The molecule has 0 saturated carbocycles. The lowest BCUT2D eigenvalue weighted by atomic mass is 9.95. The number of rotatable bonds is 6. The Morgan fingerprint density at radius 3 is 2.67 bits per heavy atom. The van der Waals surface area contributed by atoms with Crippen LogP contribution in [0.5, 0.6) is 0 Å². The monoisotopic (exact) mass is 406 g/mol. The van der Waals surface area contributed by atoms with Crippen molar-refractivity contribution in [3.05, 3.63) is 52.1 Å². The number of hydrogen-bond acceptors (Lipinski definition) is 5. The van der Waals surface area contributed by atoms with Crippen LogP contribution in [0.15, 0.2) is 39.2 Å².